The van der Waals surface area contributed by atoms with Crippen LogP contribution in [0.15, 0.2) is 65.8 Å². The van der Waals surface area contributed by atoms with Crippen LogP contribution in [-0.4, -0.2) is 58.2 Å². The molecule has 2 aromatic heterocycles. The molecule has 3 unspecified atom stereocenters. The number of sulfonamides is 1. The van der Waals surface area contributed by atoms with Gasteiger partial charge in [-0.3, -0.25) is 0 Å². The van der Waals surface area contributed by atoms with Crippen LogP contribution in [0, 0.1) is 25.7 Å². The number of aromatic carboxylic acids is 1. The van der Waals surface area contributed by atoms with Crippen molar-refractivity contribution in [2.45, 2.75) is 83.9 Å². The molecule has 0 radical (unpaired) electrons. The van der Waals surface area contributed by atoms with Crippen molar-refractivity contribution < 1.29 is 27.8 Å². The monoisotopic (exact) mass is 724 g/mol. The second-order valence-electron chi connectivity index (χ2n) is 13.2. The van der Waals surface area contributed by atoms with E-state index in [0.29, 0.717) is 29.1 Å². The maximum absolute atomic E-state index is 13.4. The van der Waals surface area contributed by atoms with Crippen molar-refractivity contribution in [1.82, 2.24) is 25.3 Å². The molecule has 3 N–H and O–H groups in total. The SMILES string of the molecule is Cc1cccc(C)c1-c1cc(OCC2NC(c3ncc(OC(C)C)cn3)CCC2CC(C)C)nc(NS(=O)(=O)c2cccc(C(=O)O)c2)n1.Cl. The third-order valence-electron chi connectivity index (χ3n) is 8.38. The van der Waals surface area contributed by atoms with Crippen molar-refractivity contribution in [2.75, 3.05) is 11.3 Å². The molecule has 1 saturated heterocycles. The van der Waals surface area contributed by atoms with Gasteiger partial charge in [0.15, 0.2) is 5.75 Å². The van der Waals surface area contributed by atoms with Crippen LogP contribution in [0.5, 0.6) is 11.6 Å². The zero-order chi connectivity index (χ0) is 35.3. The van der Waals surface area contributed by atoms with Gasteiger partial charge in [-0.1, -0.05) is 38.1 Å². The summed E-state index contributed by atoms with van der Waals surface area (Å²) in [7, 11) is -4.24. The summed E-state index contributed by atoms with van der Waals surface area (Å²) in [5.41, 5.74) is 3.07. The first kappa shape index (κ1) is 38.5. The van der Waals surface area contributed by atoms with Crippen molar-refractivity contribution in [3.8, 4) is 22.9 Å². The molecular weight excluding hydrogens is 680 g/mol. The molecule has 1 fully saturated rings. The van der Waals surface area contributed by atoms with Crippen LogP contribution in [0.1, 0.15) is 80.3 Å². The second-order valence-corrected chi connectivity index (χ2v) is 14.9. The van der Waals surface area contributed by atoms with Crippen LogP contribution >= 0.6 is 12.4 Å². The fourth-order valence-corrected chi connectivity index (χ4v) is 7.21. The van der Waals surface area contributed by atoms with E-state index >= 15 is 0 Å². The first-order valence-electron chi connectivity index (χ1n) is 16.5. The lowest BCUT2D eigenvalue weighted by Crippen LogP contribution is -2.47. The number of hydrogen-bond acceptors (Lipinski definition) is 10. The standard InChI is InChI=1S/C36H44N6O6S.ClH/c1-21(2)15-25-13-14-29(34-37-18-27(19-38-34)48-22(3)4)39-31(25)20-47-32-17-30(33-23(5)9-7-10-24(33)6)40-36(41-32)42-49(45,46)28-12-8-11-26(16-28)35(43)44;/h7-12,16-19,21-22,25,29,31,39H,13-15,20H2,1-6H3,(H,43,44)(H,40,41,42);1H. The van der Waals surface area contributed by atoms with E-state index in [1.807, 2.05) is 45.9 Å². The minimum absolute atomic E-state index is 0. The number of aryl methyl sites for hydroxylation is 2. The summed E-state index contributed by atoms with van der Waals surface area (Å²) in [4.78, 5) is 29.5. The molecule has 3 heterocycles. The number of hydrogen-bond donors (Lipinski definition) is 3. The van der Waals surface area contributed by atoms with Crippen LogP contribution in [0.25, 0.3) is 11.3 Å². The zero-order valence-corrected chi connectivity index (χ0v) is 30.7. The van der Waals surface area contributed by atoms with Gasteiger partial charge in [0.25, 0.3) is 10.0 Å². The smallest absolute Gasteiger partial charge is 0.335 e. The van der Waals surface area contributed by atoms with Gasteiger partial charge in [-0.2, -0.15) is 4.98 Å². The quantitative estimate of drug-likeness (QED) is 0.133. The maximum Gasteiger partial charge on any atom is 0.335 e. The number of piperidine rings is 1. The number of aromatic nitrogens is 4. The Morgan fingerprint density at radius 3 is 2.32 bits per heavy atom. The molecule has 12 nitrogen and oxygen atoms in total. The summed E-state index contributed by atoms with van der Waals surface area (Å²) < 4.78 is 41.4. The number of anilines is 1. The van der Waals surface area contributed by atoms with Crippen LogP contribution in [-0.2, 0) is 10.0 Å². The van der Waals surface area contributed by atoms with Gasteiger partial charge in [0, 0.05) is 17.7 Å². The highest BCUT2D eigenvalue weighted by Gasteiger charge is 2.33. The van der Waals surface area contributed by atoms with E-state index in [1.165, 1.54) is 18.2 Å². The van der Waals surface area contributed by atoms with E-state index in [9.17, 15) is 18.3 Å². The van der Waals surface area contributed by atoms with Crippen LogP contribution in [0.2, 0.25) is 0 Å². The number of carboxylic acids is 1. The minimum atomic E-state index is -4.24. The Balaban J connectivity index is 0.00000562. The molecule has 1 aliphatic rings. The van der Waals surface area contributed by atoms with Gasteiger partial charge < -0.3 is 19.9 Å². The average molecular weight is 725 g/mol. The van der Waals surface area contributed by atoms with Gasteiger partial charge in [0.2, 0.25) is 11.8 Å². The fraction of sp³-hybridized carbons (Fsp3) is 0.417. The molecule has 5 rings (SSSR count). The van der Waals surface area contributed by atoms with E-state index in [-0.39, 0.29) is 59.5 Å². The number of rotatable bonds is 13. The van der Waals surface area contributed by atoms with Crippen molar-refractivity contribution in [3.63, 3.8) is 0 Å². The zero-order valence-electron chi connectivity index (χ0n) is 29.1. The van der Waals surface area contributed by atoms with E-state index in [1.54, 1.807) is 18.5 Å². The van der Waals surface area contributed by atoms with Crippen LogP contribution in [0.3, 0.4) is 0 Å². The van der Waals surface area contributed by atoms with Gasteiger partial charge in [-0.05, 0) is 88.1 Å². The molecule has 3 atom stereocenters. The lowest BCUT2D eigenvalue weighted by atomic mass is 9.82. The molecule has 2 aromatic carbocycles. The number of nitrogens with one attached hydrogen (secondary N) is 2. The summed E-state index contributed by atoms with van der Waals surface area (Å²) in [5, 5.41) is 13.1. The first-order chi connectivity index (χ1) is 23.3. The van der Waals surface area contributed by atoms with E-state index in [2.05, 4.69) is 43.8 Å². The van der Waals surface area contributed by atoms with Gasteiger partial charge in [-0.15, -0.1) is 12.4 Å². The predicted molar refractivity (Wildman–Crippen MR) is 194 cm³/mol. The Kier molecular flexibility index (Phi) is 12.8. The molecule has 0 spiro atoms. The van der Waals surface area contributed by atoms with Crippen LogP contribution < -0.4 is 19.5 Å². The molecule has 0 bridgehead atoms. The molecule has 50 heavy (non-hydrogen) atoms. The van der Waals surface area contributed by atoms with E-state index < -0.39 is 16.0 Å². The summed E-state index contributed by atoms with van der Waals surface area (Å²) >= 11 is 0. The lowest BCUT2D eigenvalue weighted by molar-refractivity contribution is 0.0696. The predicted octanol–water partition coefficient (Wildman–Crippen LogP) is 6.79. The fourth-order valence-electron chi connectivity index (χ4n) is 6.22. The molecule has 0 aliphatic carbocycles. The molecule has 1 aliphatic heterocycles. The van der Waals surface area contributed by atoms with Crippen molar-refractivity contribution in [1.29, 1.82) is 0 Å². The highest BCUT2D eigenvalue weighted by Crippen LogP contribution is 2.33. The molecular formula is C36H45ClN6O6S. The Hall–Kier alpha value is -4.33. The molecule has 0 saturated carbocycles. The molecule has 14 heteroatoms. The van der Waals surface area contributed by atoms with Gasteiger partial charge in [0.1, 0.15) is 12.4 Å². The van der Waals surface area contributed by atoms with Crippen molar-refractivity contribution in [3.05, 3.63) is 83.4 Å². The minimum Gasteiger partial charge on any atom is -0.488 e. The summed E-state index contributed by atoms with van der Waals surface area (Å²) in [6.45, 7) is 12.5. The largest absolute Gasteiger partial charge is 0.488 e. The molecule has 268 valence electrons. The normalized spacial score (nSPS) is 17.6. The highest BCUT2D eigenvalue weighted by molar-refractivity contribution is 7.92. The Bertz CT molecular complexity index is 1870. The number of nitrogens with zero attached hydrogens (tertiary/aromatic N) is 4. The second kappa shape index (κ2) is 16.6. The number of carbonyl (C=O) groups is 1. The summed E-state index contributed by atoms with van der Waals surface area (Å²) in [5.74, 6) is 0.872. The summed E-state index contributed by atoms with van der Waals surface area (Å²) in [6.07, 6.45) is 6.25. The Morgan fingerprint density at radius 1 is 1.00 bits per heavy atom. The Morgan fingerprint density at radius 2 is 1.68 bits per heavy atom. The number of carboxylic acid groups (broad SMARTS) is 1. The molecule has 4 aromatic rings. The van der Waals surface area contributed by atoms with Gasteiger partial charge in [-0.25, -0.2) is 32.9 Å². The topological polar surface area (TPSA) is 166 Å². The molecule has 0 amide bonds. The number of halogens is 1. The van der Waals surface area contributed by atoms with Crippen LogP contribution in [0.4, 0.5) is 5.95 Å². The third-order valence-corrected chi connectivity index (χ3v) is 9.71. The number of ether oxygens (including phenoxy) is 2. The van der Waals surface area contributed by atoms with Gasteiger partial charge in [0.05, 0.1) is 40.7 Å². The van der Waals surface area contributed by atoms with Gasteiger partial charge >= 0.3 is 5.97 Å². The lowest BCUT2D eigenvalue weighted by Gasteiger charge is -2.37. The third kappa shape index (κ3) is 9.67. The highest BCUT2D eigenvalue weighted by atomic mass is 35.5. The average Bonchev–Trinajstić information content (AvgIpc) is 3.04. The summed E-state index contributed by atoms with van der Waals surface area (Å²) in [6, 6.07) is 12.5. The van der Waals surface area contributed by atoms with Crippen molar-refractivity contribution in [2.24, 2.45) is 11.8 Å². The van der Waals surface area contributed by atoms with E-state index in [4.69, 9.17) is 9.47 Å². The van der Waals surface area contributed by atoms with E-state index in [0.717, 1.165) is 42.0 Å². The maximum atomic E-state index is 13.4. The van der Waals surface area contributed by atoms with Crippen molar-refractivity contribution >= 4 is 34.3 Å². The first-order valence-corrected chi connectivity index (χ1v) is 18.0. The Labute approximate surface area is 300 Å². The number of benzene rings is 2.